The summed E-state index contributed by atoms with van der Waals surface area (Å²) in [4.78, 5) is 14.1. The summed E-state index contributed by atoms with van der Waals surface area (Å²) >= 11 is 0. The Balaban J connectivity index is 1.71. The number of rotatable bonds is 8. The van der Waals surface area contributed by atoms with E-state index >= 15 is 0 Å². The lowest BCUT2D eigenvalue weighted by molar-refractivity contribution is 0.0181. The third-order valence-corrected chi connectivity index (χ3v) is 7.42. The number of halogens is 1. The van der Waals surface area contributed by atoms with E-state index in [1.54, 1.807) is 12.1 Å². The Hall–Kier alpha value is -3.74. The summed E-state index contributed by atoms with van der Waals surface area (Å²) in [7, 11) is 0. The van der Waals surface area contributed by atoms with Gasteiger partial charge in [-0.2, -0.15) is 0 Å². The van der Waals surface area contributed by atoms with Crippen molar-refractivity contribution >= 4 is 11.6 Å². The number of aromatic nitrogens is 1. The van der Waals surface area contributed by atoms with E-state index in [1.807, 2.05) is 67.6 Å². The highest BCUT2D eigenvalue weighted by Crippen LogP contribution is 2.43. The van der Waals surface area contributed by atoms with Crippen LogP contribution in [0, 0.1) is 5.82 Å². The number of anilines is 1. The smallest absolute Gasteiger partial charge is 0.258 e. The highest BCUT2D eigenvalue weighted by atomic mass is 19.1. The quantitative estimate of drug-likeness (QED) is 0.254. The van der Waals surface area contributed by atoms with Gasteiger partial charge in [-0.1, -0.05) is 62.4 Å². The molecule has 0 saturated carbocycles. The minimum Gasteiger partial charge on any atom is -0.390 e. The van der Waals surface area contributed by atoms with Crippen LogP contribution in [0.4, 0.5) is 10.1 Å². The molecule has 5 rings (SSSR count). The molecule has 0 radical (unpaired) electrons. The zero-order valence-corrected chi connectivity index (χ0v) is 22.6. The van der Waals surface area contributed by atoms with E-state index in [-0.39, 0.29) is 29.9 Å². The molecule has 2 N–H and O–H groups in total. The topological polar surface area (TPSA) is 63.5 Å². The van der Waals surface area contributed by atoms with Crippen molar-refractivity contribution in [2.45, 2.75) is 64.4 Å². The molecule has 6 heteroatoms. The van der Waals surface area contributed by atoms with E-state index in [0.717, 1.165) is 33.8 Å². The molecule has 39 heavy (non-hydrogen) atoms. The lowest BCUT2D eigenvalue weighted by Crippen LogP contribution is -2.18. The predicted molar refractivity (Wildman–Crippen MR) is 153 cm³/mol. The normalized spacial score (nSPS) is 19.0. The van der Waals surface area contributed by atoms with Gasteiger partial charge in [0.25, 0.3) is 5.91 Å². The number of nitrogens with one attached hydrogen (secondary N) is 1. The second-order valence-corrected chi connectivity index (χ2v) is 10.5. The Kier molecular flexibility index (Phi) is 7.96. The van der Waals surface area contributed by atoms with Gasteiger partial charge in [0.15, 0.2) is 0 Å². The van der Waals surface area contributed by atoms with E-state index < -0.39 is 6.10 Å². The number of aliphatic hydroxyl groups is 1. The Bertz CT molecular complexity index is 1410. The van der Waals surface area contributed by atoms with Crippen LogP contribution in [-0.2, 0) is 11.3 Å². The molecule has 0 bridgehead atoms. The largest absolute Gasteiger partial charge is 0.390 e. The van der Waals surface area contributed by atoms with Gasteiger partial charge in [-0.25, -0.2) is 4.39 Å². The molecule has 4 aromatic rings. The Labute approximate surface area is 229 Å². The van der Waals surface area contributed by atoms with Crippen LogP contribution in [0.2, 0.25) is 0 Å². The lowest BCUT2D eigenvalue weighted by Gasteiger charge is -2.19. The number of benzene rings is 3. The second kappa shape index (κ2) is 11.6. The Morgan fingerprint density at radius 2 is 1.64 bits per heavy atom. The molecule has 0 aliphatic carbocycles. The number of hydrogen-bond acceptors (Lipinski definition) is 3. The molecule has 3 aromatic carbocycles. The van der Waals surface area contributed by atoms with Crippen LogP contribution in [0.25, 0.3) is 22.4 Å². The molecule has 1 saturated heterocycles. The van der Waals surface area contributed by atoms with Crippen molar-refractivity contribution < 1.29 is 19.0 Å². The minimum absolute atomic E-state index is 0.0206. The molecule has 1 aliphatic rings. The summed E-state index contributed by atoms with van der Waals surface area (Å²) in [6.07, 6.45) is 0.497. The summed E-state index contributed by atoms with van der Waals surface area (Å²) in [6.45, 7) is 6.66. The average molecular weight is 527 g/mol. The zero-order valence-electron chi connectivity index (χ0n) is 22.6. The fourth-order valence-electron chi connectivity index (χ4n) is 5.58. The molecule has 1 fully saturated rings. The van der Waals surface area contributed by atoms with Gasteiger partial charge in [0.1, 0.15) is 5.82 Å². The van der Waals surface area contributed by atoms with E-state index in [4.69, 9.17) is 4.74 Å². The summed E-state index contributed by atoms with van der Waals surface area (Å²) in [5.41, 5.74) is 5.67. The highest BCUT2D eigenvalue weighted by Gasteiger charge is 2.33. The van der Waals surface area contributed by atoms with E-state index in [0.29, 0.717) is 24.9 Å². The van der Waals surface area contributed by atoms with Gasteiger partial charge in [0, 0.05) is 29.9 Å². The maximum Gasteiger partial charge on any atom is 0.258 e. The number of para-hydroxylation sites is 1. The van der Waals surface area contributed by atoms with Crippen molar-refractivity contribution in [1.29, 1.82) is 0 Å². The van der Waals surface area contributed by atoms with Gasteiger partial charge in [0.05, 0.1) is 29.6 Å². The first-order chi connectivity index (χ1) is 18.8. The molecule has 2 heterocycles. The van der Waals surface area contributed by atoms with Crippen molar-refractivity contribution in [3.8, 4) is 22.4 Å². The number of ether oxygens (including phenoxy) is 1. The van der Waals surface area contributed by atoms with Gasteiger partial charge in [-0.3, -0.25) is 4.79 Å². The van der Waals surface area contributed by atoms with Gasteiger partial charge in [-0.15, -0.1) is 0 Å². The summed E-state index contributed by atoms with van der Waals surface area (Å²) in [5, 5.41) is 13.4. The first-order valence-electron chi connectivity index (χ1n) is 13.6. The highest BCUT2D eigenvalue weighted by molar-refractivity contribution is 6.12. The molecule has 5 nitrogen and oxygen atoms in total. The number of amides is 1. The van der Waals surface area contributed by atoms with Crippen molar-refractivity contribution in [3.05, 3.63) is 102 Å². The maximum atomic E-state index is 14.1. The third kappa shape index (κ3) is 5.68. The van der Waals surface area contributed by atoms with Crippen molar-refractivity contribution in [2.75, 3.05) is 5.32 Å². The van der Waals surface area contributed by atoms with Gasteiger partial charge >= 0.3 is 0 Å². The van der Waals surface area contributed by atoms with Gasteiger partial charge in [0.2, 0.25) is 0 Å². The number of carbonyl (C=O) groups is 1. The molecule has 202 valence electrons. The SMILES string of the molecule is CC(C)c1c(C(=O)Nc2ccccc2)c(-c2ccccc2)c(-c2ccc(F)cc2)n1CCC1C[C@@H](O)C(C)O1. The molecule has 2 unspecified atom stereocenters. The summed E-state index contributed by atoms with van der Waals surface area (Å²) in [5.74, 6) is -0.481. The number of aliphatic hydroxyl groups excluding tert-OH is 1. The number of nitrogens with zero attached hydrogens (tertiary/aromatic N) is 1. The first-order valence-corrected chi connectivity index (χ1v) is 13.6. The molecular weight excluding hydrogens is 491 g/mol. The van der Waals surface area contributed by atoms with E-state index in [1.165, 1.54) is 12.1 Å². The van der Waals surface area contributed by atoms with Gasteiger partial charge in [-0.05, 0) is 66.8 Å². The molecule has 3 atom stereocenters. The molecular formula is C33H35FN2O3. The minimum atomic E-state index is -0.479. The predicted octanol–water partition coefficient (Wildman–Crippen LogP) is 7.27. The fourth-order valence-corrected chi connectivity index (χ4v) is 5.58. The second-order valence-electron chi connectivity index (χ2n) is 10.5. The zero-order chi connectivity index (χ0) is 27.5. The Morgan fingerprint density at radius 1 is 1.00 bits per heavy atom. The summed E-state index contributed by atoms with van der Waals surface area (Å²) < 4.78 is 22.2. The molecule has 1 aliphatic heterocycles. The fraction of sp³-hybridized carbons (Fsp3) is 0.303. The average Bonchev–Trinajstić information content (AvgIpc) is 3.45. The molecule has 1 aromatic heterocycles. The molecule has 0 spiro atoms. The van der Waals surface area contributed by atoms with Crippen LogP contribution < -0.4 is 5.32 Å². The van der Waals surface area contributed by atoms with Crippen molar-refractivity contribution in [3.63, 3.8) is 0 Å². The van der Waals surface area contributed by atoms with Crippen LogP contribution in [0.15, 0.2) is 84.9 Å². The lowest BCUT2D eigenvalue weighted by atomic mass is 9.94. The number of carbonyl (C=O) groups excluding carboxylic acids is 1. The summed E-state index contributed by atoms with van der Waals surface area (Å²) in [6, 6.07) is 25.8. The van der Waals surface area contributed by atoms with Crippen molar-refractivity contribution in [1.82, 2.24) is 4.57 Å². The third-order valence-electron chi connectivity index (χ3n) is 7.42. The first kappa shape index (κ1) is 26.9. The standard InChI is InChI=1S/C33H35FN2O3/c1-21(2)31-30(33(38)35-26-12-8-5-9-13-26)29(23-10-6-4-7-11-23)32(24-14-16-25(34)17-15-24)36(31)19-18-27-20-28(37)22(3)39-27/h4-17,21-22,27-28,37H,18-20H2,1-3H3,(H,35,38)/t22?,27?,28-/m1/s1. The van der Waals surface area contributed by atoms with E-state index in [2.05, 4.69) is 23.7 Å². The van der Waals surface area contributed by atoms with Crippen LogP contribution in [0.3, 0.4) is 0 Å². The van der Waals surface area contributed by atoms with Crippen LogP contribution in [0.1, 0.15) is 55.6 Å². The van der Waals surface area contributed by atoms with E-state index in [9.17, 15) is 14.3 Å². The number of hydrogen-bond donors (Lipinski definition) is 2. The molecule has 1 amide bonds. The van der Waals surface area contributed by atoms with Crippen LogP contribution in [-0.4, -0.2) is 33.9 Å². The van der Waals surface area contributed by atoms with Crippen LogP contribution >= 0.6 is 0 Å². The van der Waals surface area contributed by atoms with Gasteiger partial charge < -0.3 is 19.7 Å². The monoisotopic (exact) mass is 526 g/mol. The van der Waals surface area contributed by atoms with Crippen LogP contribution in [0.5, 0.6) is 0 Å². The maximum absolute atomic E-state index is 14.1. The van der Waals surface area contributed by atoms with Crippen molar-refractivity contribution in [2.24, 2.45) is 0 Å². The Morgan fingerprint density at radius 3 is 2.23 bits per heavy atom.